The lowest BCUT2D eigenvalue weighted by Crippen LogP contribution is -2.08. The summed E-state index contributed by atoms with van der Waals surface area (Å²) < 4.78 is 6.94. The summed E-state index contributed by atoms with van der Waals surface area (Å²) in [5.41, 5.74) is 3.10. The number of ether oxygens (including phenoxy) is 1. The Morgan fingerprint density at radius 1 is 1.42 bits per heavy atom. The molecule has 0 unspecified atom stereocenters. The normalized spacial score (nSPS) is 10.5. The first kappa shape index (κ1) is 13.7. The summed E-state index contributed by atoms with van der Waals surface area (Å²) in [5, 5.41) is 4.17. The number of hydrogen-bond acceptors (Lipinski definition) is 4. The highest BCUT2D eigenvalue weighted by Gasteiger charge is 2.17. The third-order valence-electron chi connectivity index (χ3n) is 2.61. The van der Waals surface area contributed by atoms with Gasteiger partial charge in [0.05, 0.1) is 12.3 Å². The van der Waals surface area contributed by atoms with Gasteiger partial charge >= 0.3 is 5.97 Å². The molecule has 0 aliphatic heterocycles. The van der Waals surface area contributed by atoms with Crippen molar-refractivity contribution in [2.75, 3.05) is 6.61 Å². The van der Waals surface area contributed by atoms with E-state index in [0.29, 0.717) is 11.3 Å². The lowest BCUT2D eigenvalue weighted by atomic mass is 10.1. The third kappa shape index (κ3) is 2.84. The highest BCUT2D eigenvalue weighted by Crippen LogP contribution is 2.19. The standard InChI is InChI=1S/C13H14BrN3O2/c1-4-19-12(18)11-15-13(14)17(16-11)10-6-5-8(2)7-9(10)3/h5-7H,4H2,1-3H3. The van der Waals surface area contributed by atoms with Crippen LogP contribution in [-0.4, -0.2) is 27.3 Å². The van der Waals surface area contributed by atoms with E-state index in [2.05, 4.69) is 26.0 Å². The Hall–Kier alpha value is -1.69. The summed E-state index contributed by atoms with van der Waals surface area (Å²) in [7, 11) is 0. The number of aromatic nitrogens is 3. The van der Waals surface area contributed by atoms with Gasteiger partial charge in [0.2, 0.25) is 4.73 Å². The number of carbonyl (C=O) groups excluding carboxylic acids is 1. The Labute approximate surface area is 119 Å². The number of benzene rings is 1. The molecule has 0 bridgehead atoms. The molecule has 0 saturated heterocycles. The maximum absolute atomic E-state index is 11.6. The van der Waals surface area contributed by atoms with Crippen molar-refractivity contribution in [2.24, 2.45) is 0 Å². The van der Waals surface area contributed by atoms with Gasteiger partial charge < -0.3 is 4.74 Å². The van der Waals surface area contributed by atoms with Crippen molar-refractivity contribution in [1.29, 1.82) is 0 Å². The summed E-state index contributed by atoms with van der Waals surface area (Å²) in [6.45, 7) is 6.06. The molecule has 2 aromatic rings. The molecule has 0 saturated carbocycles. The zero-order valence-corrected chi connectivity index (χ0v) is 12.6. The molecule has 0 spiro atoms. The Morgan fingerprint density at radius 3 is 2.79 bits per heavy atom. The van der Waals surface area contributed by atoms with Crippen molar-refractivity contribution in [3.05, 3.63) is 39.9 Å². The van der Waals surface area contributed by atoms with Gasteiger partial charge in [-0.15, -0.1) is 5.10 Å². The quantitative estimate of drug-likeness (QED) is 0.815. The molecule has 0 fully saturated rings. The first-order valence-corrected chi connectivity index (χ1v) is 6.69. The SMILES string of the molecule is CCOC(=O)c1nc(Br)n(-c2ccc(C)cc2C)n1. The maximum atomic E-state index is 11.6. The summed E-state index contributed by atoms with van der Waals surface area (Å²) >= 11 is 3.31. The van der Waals surface area contributed by atoms with Crippen molar-refractivity contribution in [3.8, 4) is 5.69 Å². The molecular formula is C13H14BrN3O2. The number of rotatable bonds is 3. The second-order valence-electron chi connectivity index (χ2n) is 4.13. The molecule has 1 aromatic carbocycles. The largest absolute Gasteiger partial charge is 0.460 e. The lowest BCUT2D eigenvalue weighted by molar-refractivity contribution is 0.0512. The molecule has 100 valence electrons. The fourth-order valence-electron chi connectivity index (χ4n) is 1.77. The van der Waals surface area contributed by atoms with Crippen LogP contribution in [-0.2, 0) is 4.74 Å². The average molecular weight is 324 g/mol. The van der Waals surface area contributed by atoms with Gasteiger partial charge in [-0.3, -0.25) is 0 Å². The lowest BCUT2D eigenvalue weighted by Gasteiger charge is -2.06. The zero-order chi connectivity index (χ0) is 14.0. The summed E-state index contributed by atoms with van der Waals surface area (Å²) in [6.07, 6.45) is 0. The van der Waals surface area contributed by atoms with E-state index in [4.69, 9.17) is 4.74 Å². The Bertz CT molecular complexity index is 622. The molecule has 0 amide bonds. The van der Waals surface area contributed by atoms with Crippen LogP contribution in [0.2, 0.25) is 0 Å². The van der Waals surface area contributed by atoms with Gasteiger partial charge in [0.1, 0.15) is 0 Å². The van der Waals surface area contributed by atoms with Crippen LogP contribution >= 0.6 is 15.9 Å². The minimum absolute atomic E-state index is 0.0497. The number of esters is 1. The molecule has 0 radical (unpaired) electrons. The molecule has 1 heterocycles. The molecular weight excluding hydrogens is 310 g/mol. The van der Waals surface area contributed by atoms with Gasteiger partial charge in [-0.1, -0.05) is 17.7 Å². The van der Waals surface area contributed by atoms with Crippen molar-refractivity contribution >= 4 is 21.9 Å². The number of aryl methyl sites for hydroxylation is 2. The number of carbonyl (C=O) groups is 1. The van der Waals surface area contributed by atoms with Crippen LogP contribution < -0.4 is 0 Å². The van der Waals surface area contributed by atoms with Gasteiger partial charge in [-0.05, 0) is 48.3 Å². The molecule has 2 rings (SSSR count). The first-order chi connectivity index (χ1) is 9.02. The van der Waals surface area contributed by atoms with E-state index in [9.17, 15) is 4.79 Å². The van der Waals surface area contributed by atoms with E-state index in [1.165, 1.54) is 5.56 Å². The topological polar surface area (TPSA) is 57.0 Å². The Kier molecular flexibility index (Phi) is 3.99. The molecule has 0 N–H and O–H groups in total. The van der Waals surface area contributed by atoms with E-state index in [1.54, 1.807) is 11.6 Å². The highest BCUT2D eigenvalue weighted by molar-refractivity contribution is 9.10. The average Bonchev–Trinajstić information content (AvgIpc) is 2.72. The fourth-order valence-corrected chi connectivity index (χ4v) is 2.21. The van der Waals surface area contributed by atoms with E-state index in [-0.39, 0.29) is 5.82 Å². The van der Waals surface area contributed by atoms with Gasteiger partial charge in [0.15, 0.2) is 0 Å². The summed E-state index contributed by atoms with van der Waals surface area (Å²) in [4.78, 5) is 15.7. The summed E-state index contributed by atoms with van der Waals surface area (Å²) in [6, 6.07) is 5.98. The molecule has 5 nitrogen and oxygen atoms in total. The molecule has 0 aliphatic rings. The van der Waals surface area contributed by atoms with Gasteiger partial charge in [0, 0.05) is 0 Å². The van der Waals surface area contributed by atoms with Crippen LogP contribution in [0, 0.1) is 13.8 Å². The maximum Gasteiger partial charge on any atom is 0.378 e. The third-order valence-corrected chi connectivity index (χ3v) is 3.12. The van der Waals surface area contributed by atoms with E-state index in [0.717, 1.165) is 11.3 Å². The van der Waals surface area contributed by atoms with Crippen molar-refractivity contribution in [3.63, 3.8) is 0 Å². The number of hydrogen-bond donors (Lipinski definition) is 0. The molecule has 0 aliphatic carbocycles. The first-order valence-electron chi connectivity index (χ1n) is 5.90. The van der Waals surface area contributed by atoms with Gasteiger partial charge in [0.25, 0.3) is 5.82 Å². The minimum atomic E-state index is -0.522. The zero-order valence-electron chi connectivity index (χ0n) is 11.0. The predicted molar refractivity (Wildman–Crippen MR) is 74.5 cm³/mol. The summed E-state index contributed by atoms with van der Waals surface area (Å²) in [5.74, 6) is -0.472. The molecule has 6 heteroatoms. The van der Waals surface area contributed by atoms with Crippen molar-refractivity contribution in [1.82, 2.24) is 14.8 Å². The van der Waals surface area contributed by atoms with Crippen LogP contribution in [0.25, 0.3) is 5.69 Å². The fraction of sp³-hybridized carbons (Fsp3) is 0.308. The number of nitrogens with zero attached hydrogens (tertiary/aromatic N) is 3. The smallest absolute Gasteiger partial charge is 0.378 e. The molecule has 1 aromatic heterocycles. The van der Waals surface area contributed by atoms with E-state index in [1.807, 2.05) is 32.0 Å². The van der Waals surface area contributed by atoms with E-state index >= 15 is 0 Å². The van der Waals surface area contributed by atoms with Crippen LogP contribution in [0.4, 0.5) is 0 Å². The Morgan fingerprint density at radius 2 is 2.16 bits per heavy atom. The molecule has 19 heavy (non-hydrogen) atoms. The van der Waals surface area contributed by atoms with E-state index < -0.39 is 5.97 Å². The van der Waals surface area contributed by atoms with Crippen molar-refractivity contribution < 1.29 is 9.53 Å². The van der Waals surface area contributed by atoms with Crippen LogP contribution in [0.15, 0.2) is 22.9 Å². The second kappa shape index (κ2) is 5.52. The second-order valence-corrected chi connectivity index (χ2v) is 4.84. The van der Waals surface area contributed by atoms with Gasteiger partial charge in [-0.2, -0.15) is 4.98 Å². The monoisotopic (exact) mass is 323 g/mol. The number of halogens is 1. The highest BCUT2D eigenvalue weighted by atomic mass is 79.9. The minimum Gasteiger partial charge on any atom is -0.460 e. The predicted octanol–water partition coefficient (Wildman–Crippen LogP) is 2.82. The molecule has 0 atom stereocenters. The van der Waals surface area contributed by atoms with Crippen LogP contribution in [0.1, 0.15) is 28.7 Å². The Balaban J connectivity index is 2.43. The van der Waals surface area contributed by atoms with Gasteiger partial charge in [-0.25, -0.2) is 9.48 Å². The van der Waals surface area contributed by atoms with Crippen LogP contribution in [0.5, 0.6) is 0 Å². The van der Waals surface area contributed by atoms with Crippen LogP contribution in [0.3, 0.4) is 0 Å². The van der Waals surface area contributed by atoms with Crippen molar-refractivity contribution in [2.45, 2.75) is 20.8 Å².